The number of halogens is 2. The molecule has 2 aliphatic carbocycles. The molecule has 0 spiro atoms. The minimum absolute atomic E-state index is 0.0791. The van der Waals surface area contributed by atoms with Gasteiger partial charge in [0.15, 0.2) is 0 Å². The first-order valence-corrected chi connectivity index (χ1v) is 4.29. The minimum atomic E-state index is -2.62. The van der Waals surface area contributed by atoms with Crippen molar-refractivity contribution < 1.29 is 18.7 Å². The molecule has 3 nitrogen and oxygen atoms in total. The van der Waals surface area contributed by atoms with E-state index in [0.717, 1.165) is 0 Å². The van der Waals surface area contributed by atoms with Crippen molar-refractivity contribution in [1.82, 2.24) is 0 Å². The summed E-state index contributed by atoms with van der Waals surface area (Å²) in [7, 11) is 0. The number of aliphatic carboxylic acids is 1. The zero-order chi connectivity index (χ0) is 9.80. The minimum Gasteiger partial charge on any atom is -0.481 e. The molecule has 0 amide bonds. The zero-order valence-corrected chi connectivity index (χ0v) is 6.91. The summed E-state index contributed by atoms with van der Waals surface area (Å²) in [6.45, 7) is 0. The molecule has 0 aromatic carbocycles. The van der Waals surface area contributed by atoms with Crippen molar-refractivity contribution in [1.29, 1.82) is 0 Å². The molecule has 3 N–H and O–H groups in total. The van der Waals surface area contributed by atoms with Crippen LogP contribution in [0.15, 0.2) is 0 Å². The number of hydrogen-bond acceptors (Lipinski definition) is 2. The molecule has 74 valence electrons. The van der Waals surface area contributed by atoms with Crippen molar-refractivity contribution in [2.75, 3.05) is 0 Å². The number of fused-ring (bicyclic) bond motifs is 1. The smallest absolute Gasteiger partial charge is 0.303 e. The van der Waals surface area contributed by atoms with Gasteiger partial charge in [0.25, 0.3) is 5.92 Å². The molecule has 4 unspecified atom stereocenters. The van der Waals surface area contributed by atoms with Gasteiger partial charge >= 0.3 is 5.97 Å². The second-order valence-corrected chi connectivity index (χ2v) is 3.98. The molecule has 0 saturated heterocycles. The molecule has 0 aliphatic heterocycles. The Kier molecular flexibility index (Phi) is 1.64. The highest BCUT2D eigenvalue weighted by atomic mass is 19.3. The summed E-state index contributed by atoms with van der Waals surface area (Å²) in [5.41, 5.74) is 5.54. The summed E-state index contributed by atoms with van der Waals surface area (Å²) in [4.78, 5) is 10.3. The molecular weight excluding hydrogens is 180 g/mol. The Labute approximate surface area is 73.9 Å². The SMILES string of the molecule is NC1C(CC(=O)O)CC2C1C2(F)F. The highest BCUT2D eigenvalue weighted by molar-refractivity contribution is 5.67. The largest absolute Gasteiger partial charge is 0.481 e. The third-order valence-corrected chi connectivity index (χ3v) is 3.22. The number of nitrogens with two attached hydrogens (primary N) is 1. The monoisotopic (exact) mass is 191 g/mol. The van der Waals surface area contributed by atoms with Gasteiger partial charge in [-0.25, -0.2) is 8.78 Å². The van der Waals surface area contributed by atoms with E-state index in [0.29, 0.717) is 0 Å². The van der Waals surface area contributed by atoms with E-state index >= 15 is 0 Å². The van der Waals surface area contributed by atoms with Crippen molar-refractivity contribution >= 4 is 5.97 Å². The number of carboxylic acids is 1. The van der Waals surface area contributed by atoms with E-state index in [1.807, 2.05) is 0 Å². The molecule has 2 aliphatic rings. The fraction of sp³-hybridized carbons (Fsp3) is 0.875. The Morgan fingerprint density at radius 3 is 2.62 bits per heavy atom. The Morgan fingerprint density at radius 2 is 2.23 bits per heavy atom. The molecule has 13 heavy (non-hydrogen) atoms. The van der Waals surface area contributed by atoms with Gasteiger partial charge in [-0.3, -0.25) is 4.79 Å². The van der Waals surface area contributed by atoms with Gasteiger partial charge in [0.1, 0.15) is 0 Å². The van der Waals surface area contributed by atoms with Gasteiger partial charge in [-0.1, -0.05) is 0 Å². The van der Waals surface area contributed by atoms with E-state index in [2.05, 4.69) is 0 Å². The molecule has 2 fully saturated rings. The quantitative estimate of drug-likeness (QED) is 0.675. The summed E-state index contributed by atoms with van der Waals surface area (Å²) >= 11 is 0. The highest BCUT2D eigenvalue weighted by Crippen LogP contribution is 2.65. The van der Waals surface area contributed by atoms with E-state index in [4.69, 9.17) is 10.8 Å². The van der Waals surface area contributed by atoms with Crippen molar-refractivity contribution in [2.45, 2.75) is 24.8 Å². The Morgan fingerprint density at radius 1 is 1.62 bits per heavy atom. The maximum absolute atomic E-state index is 12.8. The fourth-order valence-corrected chi connectivity index (χ4v) is 2.47. The van der Waals surface area contributed by atoms with Crippen LogP contribution in [0.5, 0.6) is 0 Å². The zero-order valence-electron chi connectivity index (χ0n) is 6.91. The van der Waals surface area contributed by atoms with E-state index in [-0.39, 0.29) is 18.8 Å². The molecule has 0 aromatic heterocycles. The van der Waals surface area contributed by atoms with Crippen LogP contribution in [-0.4, -0.2) is 23.0 Å². The van der Waals surface area contributed by atoms with Crippen LogP contribution in [-0.2, 0) is 4.79 Å². The van der Waals surface area contributed by atoms with E-state index in [1.165, 1.54) is 0 Å². The van der Waals surface area contributed by atoms with Crippen LogP contribution < -0.4 is 5.73 Å². The van der Waals surface area contributed by atoms with Gasteiger partial charge in [-0.15, -0.1) is 0 Å². The topological polar surface area (TPSA) is 63.3 Å². The molecular formula is C8H11F2NO2. The molecule has 0 heterocycles. The lowest BCUT2D eigenvalue weighted by atomic mass is 9.95. The van der Waals surface area contributed by atoms with Crippen molar-refractivity contribution in [3.8, 4) is 0 Å². The van der Waals surface area contributed by atoms with E-state index in [9.17, 15) is 13.6 Å². The lowest BCUT2D eigenvalue weighted by molar-refractivity contribution is -0.138. The Balaban J connectivity index is 1.98. The molecule has 5 heteroatoms. The van der Waals surface area contributed by atoms with Crippen molar-refractivity contribution in [3.05, 3.63) is 0 Å². The summed E-state index contributed by atoms with van der Waals surface area (Å²) in [6, 6.07) is -0.629. The molecule has 0 radical (unpaired) electrons. The molecule has 2 saturated carbocycles. The van der Waals surface area contributed by atoms with Crippen molar-refractivity contribution in [2.24, 2.45) is 23.5 Å². The van der Waals surface area contributed by atoms with Gasteiger partial charge in [-0.05, 0) is 12.3 Å². The normalized spacial score (nSPS) is 45.8. The lowest BCUT2D eigenvalue weighted by Crippen LogP contribution is -2.33. The average molecular weight is 191 g/mol. The van der Waals surface area contributed by atoms with Gasteiger partial charge < -0.3 is 10.8 Å². The molecule has 0 aromatic rings. The number of carboxylic acid groups (broad SMARTS) is 1. The third-order valence-electron chi connectivity index (χ3n) is 3.22. The van der Waals surface area contributed by atoms with Gasteiger partial charge in [0.2, 0.25) is 0 Å². The van der Waals surface area contributed by atoms with Gasteiger partial charge in [0.05, 0.1) is 0 Å². The average Bonchev–Trinajstić information content (AvgIpc) is 2.33. The number of rotatable bonds is 2. The predicted octanol–water partition coefficient (Wildman–Crippen LogP) is 0.690. The van der Waals surface area contributed by atoms with Crippen LogP contribution in [0, 0.1) is 17.8 Å². The summed E-state index contributed by atoms with van der Waals surface area (Å²) in [5.74, 6) is -5.23. The van der Waals surface area contributed by atoms with E-state index < -0.39 is 29.8 Å². The number of carbonyl (C=O) groups is 1. The van der Waals surface area contributed by atoms with Crippen LogP contribution in [0.4, 0.5) is 8.78 Å². The second-order valence-electron chi connectivity index (χ2n) is 3.98. The number of alkyl halides is 2. The first kappa shape index (κ1) is 8.87. The van der Waals surface area contributed by atoms with Crippen molar-refractivity contribution in [3.63, 3.8) is 0 Å². The third kappa shape index (κ3) is 1.14. The molecule has 0 bridgehead atoms. The van der Waals surface area contributed by atoms with Gasteiger partial charge in [-0.2, -0.15) is 0 Å². The predicted molar refractivity (Wildman–Crippen MR) is 40.3 cm³/mol. The Bertz CT molecular complexity index is 257. The van der Waals surface area contributed by atoms with Crippen LogP contribution in [0.3, 0.4) is 0 Å². The standard InChI is InChI=1S/C8H11F2NO2/c9-8(10)4-1-3(2-5(12)13)7(11)6(4)8/h3-4,6-7H,1-2,11H2,(H,12,13). The molecule has 4 atom stereocenters. The van der Waals surface area contributed by atoms with Crippen LogP contribution in [0.2, 0.25) is 0 Å². The maximum Gasteiger partial charge on any atom is 0.303 e. The van der Waals surface area contributed by atoms with Crippen LogP contribution in [0.25, 0.3) is 0 Å². The highest BCUT2D eigenvalue weighted by Gasteiger charge is 2.74. The first-order valence-electron chi connectivity index (χ1n) is 4.29. The maximum atomic E-state index is 12.8. The van der Waals surface area contributed by atoms with Crippen LogP contribution >= 0.6 is 0 Å². The summed E-state index contributed by atoms with van der Waals surface area (Å²) in [6.07, 6.45) is 0.190. The lowest BCUT2D eigenvalue weighted by Gasteiger charge is -2.18. The van der Waals surface area contributed by atoms with E-state index in [1.54, 1.807) is 0 Å². The fourth-order valence-electron chi connectivity index (χ4n) is 2.47. The number of hydrogen-bond donors (Lipinski definition) is 2. The first-order chi connectivity index (χ1) is 5.94. The summed E-state index contributed by atoms with van der Waals surface area (Å²) < 4.78 is 25.6. The van der Waals surface area contributed by atoms with Crippen LogP contribution in [0.1, 0.15) is 12.8 Å². The Hall–Kier alpha value is -0.710. The summed E-state index contributed by atoms with van der Waals surface area (Å²) in [5, 5.41) is 8.48. The van der Waals surface area contributed by atoms with Gasteiger partial charge in [0, 0.05) is 24.3 Å². The second kappa shape index (κ2) is 2.41. The molecule has 2 rings (SSSR count).